The predicted molar refractivity (Wildman–Crippen MR) is 73.9 cm³/mol. The van der Waals surface area contributed by atoms with Crippen molar-refractivity contribution in [3.8, 4) is 6.07 Å². The number of nitrogens with zero attached hydrogens (tertiary/aromatic N) is 3. The van der Waals surface area contributed by atoms with E-state index in [1.165, 1.54) is 11.1 Å². The van der Waals surface area contributed by atoms with Crippen LogP contribution in [0.5, 0.6) is 0 Å². The maximum absolute atomic E-state index is 9.33. The Morgan fingerprint density at radius 2 is 2.11 bits per heavy atom. The molecular formula is C16H13N3. The molecule has 3 rings (SSSR count). The van der Waals surface area contributed by atoms with Gasteiger partial charge in [-0.1, -0.05) is 35.9 Å². The highest BCUT2D eigenvalue weighted by molar-refractivity contribution is 5.48. The first-order valence-corrected chi connectivity index (χ1v) is 6.19. The van der Waals surface area contributed by atoms with Crippen LogP contribution in [0.3, 0.4) is 0 Å². The third kappa shape index (κ3) is 2.09. The Morgan fingerprint density at radius 1 is 1.21 bits per heavy atom. The van der Waals surface area contributed by atoms with Gasteiger partial charge >= 0.3 is 0 Å². The molecule has 0 spiro atoms. The Hall–Kier alpha value is -2.60. The smallest absolute Gasteiger partial charge is 0.148 e. The number of hydrogen-bond acceptors (Lipinski definition) is 2. The molecule has 0 saturated heterocycles. The van der Waals surface area contributed by atoms with Crippen molar-refractivity contribution in [2.24, 2.45) is 0 Å². The van der Waals surface area contributed by atoms with Crippen LogP contribution in [-0.4, -0.2) is 9.38 Å². The van der Waals surface area contributed by atoms with E-state index in [9.17, 15) is 5.26 Å². The molecule has 3 aromatic rings. The molecule has 3 heteroatoms. The number of aromatic nitrogens is 2. The zero-order chi connectivity index (χ0) is 13.2. The minimum Gasteiger partial charge on any atom is -0.291 e. The van der Waals surface area contributed by atoms with Crippen molar-refractivity contribution in [3.63, 3.8) is 0 Å². The molecule has 0 N–H and O–H groups in total. The molecule has 0 aliphatic rings. The minimum atomic E-state index is 0.622. The number of fused-ring (bicyclic) bond motifs is 1. The van der Waals surface area contributed by atoms with Crippen molar-refractivity contribution in [2.75, 3.05) is 0 Å². The van der Waals surface area contributed by atoms with E-state index in [1.54, 1.807) is 0 Å². The summed E-state index contributed by atoms with van der Waals surface area (Å²) < 4.78 is 1.84. The maximum atomic E-state index is 9.33. The van der Waals surface area contributed by atoms with Crippen LogP contribution in [-0.2, 0) is 6.42 Å². The molecule has 2 heterocycles. The molecule has 0 aliphatic heterocycles. The lowest BCUT2D eigenvalue weighted by Gasteiger charge is -2.00. The van der Waals surface area contributed by atoms with E-state index in [2.05, 4.69) is 36.2 Å². The lowest BCUT2D eigenvalue weighted by atomic mass is 10.1. The second-order valence-corrected chi connectivity index (χ2v) is 4.61. The van der Waals surface area contributed by atoms with Gasteiger partial charge < -0.3 is 0 Å². The van der Waals surface area contributed by atoms with E-state index in [0.717, 1.165) is 11.3 Å². The first-order chi connectivity index (χ1) is 9.28. The Labute approximate surface area is 111 Å². The molecule has 0 atom stereocenters. The summed E-state index contributed by atoms with van der Waals surface area (Å²) in [5, 5.41) is 9.33. The molecule has 0 bridgehead atoms. The summed E-state index contributed by atoms with van der Waals surface area (Å²) in [6.45, 7) is 2.07. The summed E-state index contributed by atoms with van der Waals surface area (Å²) in [5.41, 5.74) is 4.68. The van der Waals surface area contributed by atoms with Crippen LogP contribution in [0, 0.1) is 18.3 Å². The predicted octanol–water partition coefficient (Wildman–Crippen LogP) is 3.11. The van der Waals surface area contributed by atoms with E-state index < -0.39 is 0 Å². The van der Waals surface area contributed by atoms with Crippen LogP contribution in [0.25, 0.3) is 5.65 Å². The highest BCUT2D eigenvalue weighted by Crippen LogP contribution is 2.16. The van der Waals surface area contributed by atoms with E-state index in [-0.39, 0.29) is 0 Å². The molecular weight excluding hydrogens is 234 g/mol. The van der Waals surface area contributed by atoms with Gasteiger partial charge in [-0.15, -0.1) is 0 Å². The second-order valence-electron chi connectivity index (χ2n) is 4.61. The third-order valence-electron chi connectivity index (χ3n) is 3.16. The van der Waals surface area contributed by atoms with Gasteiger partial charge in [0.2, 0.25) is 0 Å². The number of pyridine rings is 1. The van der Waals surface area contributed by atoms with Crippen molar-refractivity contribution in [3.05, 3.63) is 71.2 Å². The molecule has 0 fully saturated rings. The number of benzene rings is 1. The van der Waals surface area contributed by atoms with Crippen molar-refractivity contribution in [1.29, 1.82) is 5.26 Å². The lowest BCUT2D eigenvalue weighted by Crippen LogP contribution is -1.94. The average Bonchev–Trinajstić information content (AvgIpc) is 2.75. The Balaban J connectivity index is 2.08. The monoisotopic (exact) mass is 247 g/mol. The second kappa shape index (κ2) is 4.58. The van der Waals surface area contributed by atoms with Crippen LogP contribution >= 0.6 is 0 Å². The Kier molecular flexibility index (Phi) is 2.77. The Morgan fingerprint density at radius 3 is 2.89 bits per heavy atom. The van der Waals surface area contributed by atoms with Gasteiger partial charge in [-0.2, -0.15) is 5.26 Å². The molecule has 2 aromatic heterocycles. The summed E-state index contributed by atoms with van der Waals surface area (Å²) in [6.07, 6.45) is 2.56. The van der Waals surface area contributed by atoms with Gasteiger partial charge in [0.05, 0.1) is 5.69 Å². The fraction of sp³-hybridized carbons (Fsp3) is 0.125. The molecule has 0 aliphatic carbocycles. The van der Waals surface area contributed by atoms with Crippen LogP contribution in [0.1, 0.15) is 22.5 Å². The van der Waals surface area contributed by atoms with Gasteiger partial charge in [0.1, 0.15) is 17.4 Å². The van der Waals surface area contributed by atoms with Gasteiger partial charge in [-0.25, -0.2) is 4.98 Å². The number of rotatable bonds is 2. The summed E-state index contributed by atoms with van der Waals surface area (Å²) >= 11 is 0. The summed E-state index contributed by atoms with van der Waals surface area (Å²) in [4.78, 5) is 4.55. The van der Waals surface area contributed by atoms with Crippen LogP contribution in [0.15, 0.2) is 48.7 Å². The zero-order valence-corrected chi connectivity index (χ0v) is 10.7. The summed E-state index contributed by atoms with van der Waals surface area (Å²) in [7, 11) is 0. The van der Waals surface area contributed by atoms with Crippen molar-refractivity contribution < 1.29 is 0 Å². The minimum absolute atomic E-state index is 0.622. The van der Waals surface area contributed by atoms with Gasteiger partial charge in [0, 0.05) is 12.6 Å². The molecule has 92 valence electrons. The van der Waals surface area contributed by atoms with Gasteiger partial charge in [0.25, 0.3) is 0 Å². The largest absolute Gasteiger partial charge is 0.291 e. The Bertz CT molecular complexity index is 778. The molecule has 19 heavy (non-hydrogen) atoms. The topological polar surface area (TPSA) is 41.1 Å². The van der Waals surface area contributed by atoms with E-state index in [0.29, 0.717) is 12.1 Å². The number of imidazole rings is 1. The molecule has 0 radical (unpaired) electrons. The molecule has 1 aromatic carbocycles. The average molecular weight is 247 g/mol. The van der Waals surface area contributed by atoms with E-state index in [4.69, 9.17) is 0 Å². The SMILES string of the molecule is Cc1cccc(Cc2nc3ccccn3c2C#N)c1. The van der Waals surface area contributed by atoms with Crippen molar-refractivity contribution >= 4 is 5.65 Å². The zero-order valence-electron chi connectivity index (χ0n) is 10.7. The van der Waals surface area contributed by atoms with Gasteiger partial charge in [-0.3, -0.25) is 4.40 Å². The molecule has 3 nitrogen and oxygen atoms in total. The van der Waals surface area contributed by atoms with Crippen LogP contribution in [0.4, 0.5) is 0 Å². The van der Waals surface area contributed by atoms with Gasteiger partial charge in [0.15, 0.2) is 0 Å². The maximum Gasteiger partial charge on any atom is 0.148 e. The fourth-order valence-electron chi connectivity index (χ4n) is 2.30. The lowest BCUT2D eigenvalue weighted by molar-refractivity contribution is 1.08. The first kappa shape index (κ1) is 11.5. The summed E-state index contributed by atoms with van der Waals surface area (Å²) in [5.74, 6) is 0. The number of hydrogen-bond donors (Lipinski definition) is 0. The molecule has 0 saturated carbocycles. The first-order valence-electron chi connectivity index (χ1n) is 6.19. The third-order valence-corrected chi connectivity index (χ3v) is 3.16. The van der Waals surface area contributed by atoms with Crippen molar-refractivity contribution in [2.45, 2.75) is 13.3 Å². The quantitative estimate of drug-likeness (QED) is 0.698. The fourth-order valence-corrected chi connectivity index (χ4v) is 2.30. The standard InChI is InChI=1S/C16H13N3/c1-12-5-4-6-13(9-12)10-14-15(11-17)19-8-3-2-7-16(19)18-14/h2-9H,10H2,1H3. The van der Waals surface area contributed by atoms with E-state index in [1.807, 2.05) is 34.9 Å². The van der Waals surface area contributed by atoms with Crippen LogP contribution in [0.2, 0.25) is 0 Å². The molecule has 0 amide bonds. The van der Waals surface area contributed by atoms with Crippen molar-refractivity contribution in [1.82, 2.24) is 9.38 Å². The highest BCUT2D eigenvalue weighted by Gasteiger charge is 2.11. The highest BCUT2D eigenvalue weighted by atomic mass is 15.0. The normalized spacial score (nSPS) is 10.5. The van der Waals surface area contributed by atoms with E-state index >= 15 is 0 Å². The number of aryl methyl sites for hydroxylation is 1. The molecule has 0 unspecified atom stereocenters. The van der Waals surface area contributed by atoms with Crippen LogP contribution < -0.4 is 0 Å². The summed E-state index contributed by atoms with van der Waals surface area (Å²) in [6, 6.07) is 16.3. The van der Waals surface area contributed by atoms with Gasteiger partial charge in [-0.05, 0) is 24.6 Å². The number of nitriles is 1.